The van der Waals surface area contributed by atoms with Gasteiger partial charge in [-0.25, -0.2) is 4.79 Å². The lowest BCUT2D eigenvalue weighted by atomic mass is 10.1. The molecule has 0 amide bonds. The summed E-state index contributed by atoms with van der Waals surface area (Å²) in [7, 11) is 1.24. The number of nitrogens with one attached hydrogen (secondary N) is 1. The Kier molecular flexibility index (Phi) is 4.78. The van der Waals surface area contributed by atoms with Crippen LogP contribution in [-0.4, -0.2) is 18.2 Å². The van der Waals surface area contributed by atoms with Crippen LogP contribution in [0.15, 0.2) is 48.5 Å². The topological polar surface area (TPSA) is 58.6 Å². The van der Waals surface area contributed by atoms with Crippen molar-refractivity contribution < 1.29 is 27.8 Å². The molecule has 122 valence electrons. The Morgan fingerprint density at radius 1 is 1.17 bits per heavy atom. The van der Waals surface area contributed by atoms with Gasteiger partial charge in [-0.05, 0) is 17.7 Å². The van der Waals surface area contributed by atoms with Crippen LogP contribution in [0.25, 0.3) is 0 Å². The summed E-state index contributed by atoms with van der Waals surface area (Å²) in [5.74, 6) is -1.22. The predicted octanol–water partition coefficient (Wildman–Crippen LogP) is 3.95. The third-order valence-corrected chi connectivity index (χ3v) is 3.16. The monoisotopic (exact) mass is 325 g/mol. The number of aliphatic carboxylic acids is 1. The number of anilines is 1. The summed E-state index contributed by atoms with van der Waals surface area (Å²) in [6, 6.07) is 10.0. The standard InChI is InChI=1S/C16H14F3NO3/c1-23-13-8-11(16(17,18)19)7-12(9-13)20-14(15(21)22)10-5-3-2-4-6-10/h2-9,14,20H,1H3,(H,21,22). The molecule has 23 heavy (non-hydrogen) atoms. The van der Waals surface area contributed by atoms with Gasteiger partial charge in [0, 0.05) is 11.8 Å². The molecule has 0 aromatic heterocycles. The lowest BCUT2D eigenvalue weighted by Gasteiger charge is -2.18. The van der Waals surface area contributed by atoms with Crippen LogP contribution in [0.5, 0.6) is 5.75 Å². The van der Waals surface area contributed by atoms with E-state index in [1.807, 2.05) is 0 Å². The average Bonchev–Trinajstić information content (AvgIpc) is 2.52. The van der Waals surface area contributed by atoms with Gasteiger partial charge in [-0.1, -0.05) is 30.3 Å². The van der Waals surface area contributed by atoms with Gasteiger partial charge in [0.1, 0.15) is 5.75 Å². The number of hydrogen-bond donors (Lipinski definition) is 2. The van der Waals surface area contributed by atoms with Gasteiger partial charge in [-0.15, -0.1) is 0 Å². The lowest BCUT2D eigenvalue weighted by Crippen LogP contribution is -2.20. The van der Waals surface area contributed by atoms with Crippen molar-refractivity contribution >= 4 is 11.7 Å². The Morgan fingerprint density at radius 2 is 1.83 bits per heavy atom. The minimum Gasteiger partial charge on any atom is -0.497 e. The number of carboxylic acids is 1. The summed E-state index contributed by atoms with van der Waals surface area (Å²) in [5.41, 5.74) is -0.485. The van der Waals surface area contributed by atoms with Crippen molar-refractivity contribution in [1.29, 1.82) is 0 Å². The smallest absolute Gasteiger partial charge is 0.416 e. The van der Waals surface area contributed by atoms with Crippen molar-refractivity contribution in [3.63, 3.8) is 0 Å². The molecular weight excluding hydrogens is 311 g/mol. The molecule has 0 aliphatic heterocycles. The first-order chi connectivity index (χ1) is 10.8. The molecule has 0 fully saturated rings. The zero-order valence-corrected chi connectivity index (χ0v) is 12.1. The molecule has 0 aliphatic carbocycles. The summed E-state index contributed by atoms with van der Waals surface area (Å²) >= 11 is 0. The number of methoxy groups -OCH3 is 1. The van der Waals surface area contributed by atoms with Crippen molar-refractivity contribution in [1.82, 2.24) is 0 Å². The number of carbonyl (C=O) groups is 1. The number of benzene rings is 2. The van der Waals surface area contributed by atoms with E-state index >= 15 is 0 Å². The van der Waals surface area contributed by atoms with Gasteiger partial charge >= 0.3 is 12.1 Å². The zero-order chi connectivity index (χ0) is 17.0. The van der Waals surface area contributed by atoms with Crippen LogP contribution in [0.4, 0.5) is 18.9 Å². The maximum Gasteiger partial charge on any atom is 0.416 e. The van der Waals surface area contributed by atoms with Gasteiger partial charge in [0.25, 0.3) is 0 Å². The summed E-state index contributed by atoms with van der Waals surface area (Å²) in [6.07, 6.45) is -4.56. The van der Waals surface area contributed by atoms with Crippen molar-refractivity contribution in [2.45, 2.75) is 12.2 Å². The second-order valence-electron chi connectivity index (χ2n) is 4.77. The van der Waals surface area contributed by atoms with E-state index in [1.54, 1.807) is 30.3 Å². The number of rotatable bonds is 5. The van der Waals surface area contributed by atoms with Crippen LogP contribution in [-0.2, 0) is 11.0 Å². The minimum absolute atomic E-state index is 0.00734. The van der Waals surface area contributed by atoms with E-state index in [-0.39, 0.29) is 11.4 Å². The normalized spacial score (nSPS) is 12.5. The van der Waals surface area contributed by atoms with Crippen LogP contribution >= 0.6 is 0 Å². The Morgan fingerprint density at radius 3 is 2.35 bits per heavy atom. The Balaban J connectivity index is 2.39. The number of ether oxygens (including phenoxy) is 1. The molecule has 0 heterocycles. The molecule has 2 aromatic rings. The van der Waals surface area contributed by atoms with Gasteiger partial charge in [0.15, 0.2) is 6.04 Å². The first-order valence-electron chi connectivity index (χ1n) is 6.62. The molecule has 0 aliphatic rings. The highest BCUT2D eigenvalue weighted by Gasteiger charge is 2.32. The van der Waals surface area contributed by atoms with E-state index < -0.39 is 23.8 Å². The molecular formula is C16H14F3NO3. The third-order valence-electron chi connectivity index (χ3n) is 3.16. The highest BCUT2D eigenvalue weighted by molar-refractivity contribution is 5.79. The third kappa shape index (κ3) is 4.15. The molecule has 1 atom stereocenters. The molecule has 0 saturated heterocycles. The van der Waals surface area contributed by atoms with Gasteiger partial charge in [-0.2, -0.15) is 13.2 Å². The van der Waals surface area contributed by atoms with Crippen LogP contribution < -0.4 is 10.1 Å². The highest BCUT2D eigenvalue weighted by atomic mass is 19.4. The Labute approximate surface area is 130 Å². The molecule has 0 spiro atoms. The van der Waals surface area contributed by atoms with Crippen LogP contribution in [0.3, 0.4) is 0 Å². The fourth-order valence-corrected chi connectivity index (χ4v) is 2.06. The van der Waals surface area contributed by atoms with Gasteiger partial charge in [0.05, 0.1) is 12.7 Å². The predicted molar refractivity (Wildman–Crippen MR) is 78.4 cm³/mol. The molecule has 2 N–H and O–H groups in total. The van der Waals surface area contributed by atoms with E-state index in [4.69, 9.17) is 4.74 Å². The quantitative estimate of drug-likeness (QED) is 0.874. The summed E-state index contributed by atoms with van der Waals surface area (Å²) < 4.78 is 43.6. The van der Waals surface area contributed by atoms with E-state index in [0.29, 0.717) is 5.56 Å². The fourth-order valence-electron chi connectivity index (χ4n) is 2.06. The minimum atomic E-state index is -4.56. The van der Waals surface area contributed by atoms with Crippen LogP contribution in [0.2, 0.25) is 0 Å². The first kappa shape index (κ1) is 16.7. The summed E-state index contributed by atoms with van der Waals surface area (Å²) in [5, 5.41) is 11.9. The van der Waals surface area contributed by atoms with Crippen LogP contribution in [0.1, 0.15) is 17.2 Å². The molecule has 2 rings (SSSR count). The Bertz CT molecular complexity index is 687. The Hall–Kier alpha value is -2.70. The number of alkyl halides is 3. The largest absolute Gasteiger partial charge is 0.497 e. The molecule has 0 radical (unpaired) electrons. The maximum atomic E-state index is 12.9. The van der Waals surface area contributed by atoms with Crippen LogP contribution in [0, 0.1) is 0 Å². The number of carboxylic acid groups (broad SMARTS) is 1. The molecule has 2 aromatic carbocycles. The molecule has 7 heteroatoms. The maximum absolute atomic E-state index is 12.9. The lowest BCUT2D eigenvalue weighted by molar-refractivity contribution is -0.138. The highest BCUT2D eigenvalue weighted by Crippen LogP contribution is 2.35. The van der Waals surface area contributed by atoms with Crippen molar-refractivity contribution in [2.75, 3.05) is 12.4 Å². The summed E-state index contributed by atoms with van der Waals surface area (Å²) in [4.78, 5) is 11.4. The fraction of sp³-hybridized carbons (Fsp3) is 0.188. The molecule has 0 saturated carbocycles. The van der Waals surface area contributed by atoms with E-state index in [9.17, 15) is 23.1 Å². The van der Waals surface area contributed by atoms with Crippen molar-refractivity contribution in [2.24, 2.45) is 0 Å². The first-order valence-corrected chi connectivity index (χ1v) is 6.62. The van der Waals surface area contributed by atoms with Gasteiger partial charge < -0.3 is 15.2 Å². The van der Waals surface area contributed by atoms with Gasteiger partial charge in [-0.3, -0.25) is 0 Å². The molecule has 0 bridgehead atoms. The second-order valence-corrected chi connectivity index (χ2v) is 4.77. The van der Waals surface area contributed by atoms with E-state index in [0.717, 1.165) is 12.1 Å². The van der Waals surface area contributed by atoms with E-state index in [2.05, 4.69) is 5.32 Å². The van der Waals surface area contributed by atoms with Gasteiger partial charge in [0.2, 0.25) is 0 Å². The zero-order valence-electron chi connectivity index (χ0n) is 12.1. The van der Waals surface area contributed by atoms with Crippen molar-refractivity contribution in [3.05, 3.63) is 59.7 Å². The summed E-state index contributed by atoms with van der Waals surface area (Å²) in [6.45, 7) is 0. The average molecular weight is 325 g/mol. The molecule has 4 nitrogen and oxygen atoms in total. The number of hydrogen-bond acceptors (Lipinski definition) is 3. The van der Waals surface area contributed by atoms with E-state index in [1.165, 1.54) is 13.2 Å². The SMILES string of the molecule is COc1cc(NC(C(=O)O)c2ccccc2)cc(C(F)(F)F)c1. The van der Waals surface area contributed by atoms with Crippen molar-refractivity contribution in [3.8, 4) is 5.75 Å². The second kappa shape index (κ2) is 6.60. The molecule has 1 unspecified atom stereocenters. The number of halogens is 3.